The fourth-order valence-electron chi connectivity index (χ4n) is 6.49. The van der Waals surface area contributed by atoms with Gasteiger partial charge in [0.05, 0.1) is 5.60 Å². The number of nitrogens with zero attached hydrogens (tertiary/aromatic N) is 3. The topological polar surface area (TPSA) is 86.5 Å². The molecule has 6 rings (SSSR count). The van der Waals surface area contributed by atoms with Gasteiger partial charge >= 0.3 is 6.09 Å². The van der Waals surface area contributed by atoms with E-state index in [1.54, 1.807) is 18.3 Å². The summed E-state index contributed by atoms with van der Waals surface area (Å²) >= 11 is 0. The number of pyridine rings is 1. The molecule has 2 unspecified atom stereocenters. The highest BCUT2D eigenvalue weighted by Gasteiger charge is 2.49. The Morgan fingerprint density at radius 2 is 1.66 bits per heavy atom. The van der Waals surface area contributed by atoms with Gasteiger partial charge in [-0.1, -0.05) is 54.6 Å². The number of nitriles is 1. The number of carbonyl (C=O) groups is 1. The van der Waals surface area contributed by atoms with Crippen LogP contribution in [0.1, 0.15) is 60.4 Å². The normalized spacial score (nSPS) is 24.9. The summed E-state index contributed by atoms with van der Waals surface area (Å²) in [7, 11) is 0. The summed E-state index contributed by atoms with van der Waals surface area (Å²) in [5, 5.41) is 21.1. The Hall–Kier alpha value is -3.69. The van der Waals surface area contributed by atoms with E-state index < -0.39 is 5.60 Å². The van der Waals surface area contributed by atoms with Crippen molar-refractivity contribution in [2.45, 2.75) is 55.7 Å². The molecule has 176 valence electrons. The number of rotatable bonds is 3. The van der Waals surface area contributed by atoms with Crippen molar-refractivity contribution in [2.75, 3.05) is 6.61 Å². The minimum atomic E-state index is -1.17. The fourth-order valence-corrected chi connectivity index (χ4v) is 6.49. The number of piperidine rings is 2. The Balaban J connectivity index is 1.22. The molecule has 2 fully saturated rings. The van der Waals surface area contributed by atoms with Crippen LogP contribution in [-0.2, 0) is 10.3 Å². The monoisotopic (exact) mass is 465 g/mol. The highest BCUT2D eigenvalue weighted by atomic mass is 16.6. The van der Waals surface area contributed by atoms with Crippen molar-refractivity contribution >= 4 is 6.09 Å². The van der Waals surface area contributed by atoms with Crippen LogP contribution in [0.4, 0.5) is 4.79 Å². The lowest BCUT2D eigenvalue weighted by Crippen LogP contribution is -2.59. The van der Waals surface area contributed by atoms with Crippen molar-refractivity contribution in [3.63, 3.8) is 0 Å². The first-order valence-corrected chi connectivity index (χ1v) is 12.3. The van der Waals surface area contributed by atoms with Crippen LogP contribution in [0.2, 0.25) is 0 Å². The van der Waals surface area contributed by atoms with E-state index in [-0.39, 0.29) is 36.4 Å². The van der Waals surface area contributed by atoms with Gasteiger partial charge in [0.15, 0.2) is 0 Å². The van der Waals surface area contributed by atoms with Gasteiger partial charge in [-0.25, -0.2) is 9.78 Å². The maximum atomic E-state index is 13.4. The molecule has 2 saturated heterocycles. The smallest absolute Gasteiger partial charge is 0.410 e. The van der Waals surface area contributed by atoms with E-state index in [4.69, 9.17) is 4.74 Å². The summed E-state index contributed by atoms with van der Waals surface area (Å²) in [5.74, 6) is 0.0153. The quantitative estimate of drug-likeness (QED) is 0.581. The summed E-state index contributed by atoms with van der Waals surface area (Å²) in [4.78, 5) is 19.4. The van der Waals surface area contributed by atoms with Gasteiger partial charge in [0.25, 0.3) is 0 Å². The lowest BCUT2D eigenvalue weighted by atomic mass is 9.72. The van der Waals surface area contributed by atoms with Crippen molar-refractivity contribution in [2.24, 2.45) is 0 Å². The molecule has 1 amide bonds. The van der Waals surface area contributed by atoms with Crippen molar-refractivity contribution < 1.29 is 14.6 Å². The molecule has 6 nitrogen and oxygen atoms in total. The Morgan fingerprint density at radius 1 is 1.03 bits per heavy atom. The Labute approximate surface area is 204 Å². The number of aliphatic hydroxyl groups is 1. The second kappa shape index (κ2) is 8.51. The van der Waals surface area contributed by atoms with Gasteiger partial charge in [-0.3, -0.25) is 0 Å². The van der Waals surface area contributed by atoms with Gasteiger partial charge in [0.1, 0.15) is 18.4 Å². The fraction of sp³-hybridized carbons (Fsp3) is 0.345. The second-order valence-electron chi connectivity index (χ2n) is 9.90. The van der Waals surface area contributed by atoms with E-state index in [1.165, 1.54) is 22.3 Å². The number of ether oxygens (including phenoxy) is 1. The van der Waals surface area contributed by atoms with Crippen molar-refractivity contribution in [3.8, 4) is 17.2 Å². The van der Waals surface area contributed by atoms with E-state index in [0.29, 0.717) is 18.4 Å². The van der Waals surface area contributed by atoms with Crippen LogP contribution < -0.4 is 0 Å². The largest absolute Gasteiger partial charge is 0.448 e. The van der Waals surface area contributed by atoms with Crippen LogP contribution in [0.25, 0.3) is 11.1 Å². The molecule has 2 atom stereocenters. The standard InChI is InChI=1S/C29H27N3O3/c30-17-27-26(13-6-14-31-27)29(34)15-19-7-5-8-20(16-29)32(19)28(33)35-18-25-23-11-3-1-9-21(23)22-10-2-4-12-24(22)25/h1-4,6,9-14,19-20,25,34H,5,7-8,15-16,18H2. The van der Waals surface area contributed by atoms with Crippen LogP contribution in [0.15, 0.2) is 66.9 Å². The molecule has 3 aliphatic rings. The number of benzene rings is 2. The van der Waals surface area contributed by atoms with Crippen LogP contribution in [0.3, 0.4) is 0 Å². The lowest BCUT2D eigenvalue weighted by Gasteiger charge is -2.51. The minimum absolute atomic E-state index is 0.0153. The zero-order valence-electron chi connectivity index (χ0n) is 19.4. The van der Waals surface area contributed by atoms with E-state index in [2.05, 4.69) is 35.3 Å². The number of amides is 1. The molecule has 1 N–H and O–H groups in total. The third-order valence-electron chi connectivity index (χ3n) is 7.97. The van der Waals surface area contributed by atoms with Crippen LogP contribution >= 0.6 is 0 Å². The summed E-state index contributed by atoms with van der Waals surface area (Å²) < 4.78 is 5.97. The molecular formula is C29H27N3O3. The molecule has 2 aliphatic heterocycles. The summed E-state index contributed by atoms with van der Waals surface area (Å²) in [6.45, 7) is 0.286. The van der Waals surface area contributed by atoms with Crippen LogP contribution in [-0.4, -0.2) is 39.8 Å². The maximum absolute atomic E-state index is 13.4. The predicted molar refractivity (Wildman–Crippen MR) is 130 cm³/mol. The molecule has 1 aromatic heterocycles. The zero-order valence-corrected chi connectivity index (χ0v) is 19.4. The molecule has 3 heterocycles. The number of hydrogen-bond acceptors (Lipinski definition) is 5. The van der Waals surface area contributed by atoms with Crippen molar-refractivity contribution in [1.82, 2.24) is 9.88 Å². The van der Waals surface area contributed by atoms with E-state index in [9.17, 15) is 15.2 Å². The maximum Gasteiger partial charge on any atom is 0.410 e. The molecule has 0 saturated carbocycles. The predicted octanol–water partition coefficient (Wildman–Crippen LogP) is 5.11. The summed E-state index contributed by atoms with van der Waals surface area (Å²) in [6.07, 6.45) is 4.66. The first-order valence-electron chi connectivity index (χ1n) is 12.3. The third kappa shape index (κ3) is 3.59. The van der Waals surface area contributed by atoms with Crippen LogP contribution in [0.5, 0.6) is 0 Å². The average molecular weight is 466 g/mol. The molecule has 35 heavy (non-hydrogen) atoms. The first-order chi connectivity index (χ1) is 17.1. The van der Waals surface area contributed by atoms with Crippen molar-refractivity contribution in [3.05, 3.63) is 89.2 Å². The molecule has 1 aliphatic carbocycles. The molecular weight excluding hydrogens is 438 g/mol. The first kappa shape index (κ1) is 21.8. The molecule has 2 aromatic carbocycles. The highest BCUT2D eigenvalue weighted by Crippen LogP contribution is 2.47. The summed E-state index contributed by atoms with van der Waals surface area (Å²) in [5.41, 5.74) is 4.43. The number of aromatic nitrogens is 1. The zero-order chi connectivity index (χ0) is 24.0. The second-order valence-corrected chi connectivity index (χ2v) is 9.90. The lowest BCUT2D eigenvalue weighted by molar-refractivity contribution is -0.0893. The number of carbonyl (C=O) groups excluding carboxylic acids is 1. The highest BCUT2D eigenvalue weighted by molar-refractivity contribution is 5.79. The van der Waals surface area contributed by atoms with Gasteiger partial charge in [-0.05, 0) is 47.6 Å². The van der Waals surface area contributed by atoms with Gasteiger partial charge in [-0.15, -0.1) is 0 Å². The third-order valence-corrected chi connectivity index (χ3v) is 7.97. The number of fused-ring (bicyclic) bond motifs is 5. The minimum Gasteiger partial charge on any atom is -0.448 e. The van der Waals surface area contributed by atoms with E-state index >= 15 is 0 Å². The van der Waals surface area contributed by atoms with Gasteiger partial charge in [0, 0.05) is 42.6 Å². The Morgan fingerprint density at radius 3 is 2.29 bits per heavy atom. The molecule has 0 radical (unpaired) electrons. The molecule has 6 heteroatoms. The Kier molecular flexibility index (Phi) is 5.31. The SMILES string of the molecule is N#Cc1ncccc1C1(O)CC2CCCC(C1)N2C(=O)OCC1c2ccccc2-c2ccccc21. The van der Waals surface area contributed by atoms with Gasteiger partial charge in [0.2, 0.25) is 0 Å². The van der Waals surface area contributed by atoms with Gasteiger partial charge < -0.3 is 14.7 Å². The van der Waals surface area contributed by atoms with Crippen LogP contribution in [0, 0.1) is 11.3 Å². The molecule has 3 aromatic rings. The molecule has 0 spiro atoms. The van der Waals surface area contributed by atoms with Crippen molar-refractivity contribution in [1.29, 1.82) is 5.26 Å². The summed E-state index contributed by atoms with van der Waals surface area (Å²) in [6, 6.07) is 22.0. The van der Waals surface area contributed by atoms with E-state index in [0.717, 1.165) is 19.3 Å². The number of hydrogen-bond donors (Lipinski definition) is 1. The molecule has 2 bridgehead atoms. The average Bonchev–Trinajstić information content (AvgIpc) is 3.20. The Bertz CT molecular complexity index is 1270. The van der Waals surface area contributed by atoms with Gasteiger partial charge in [-0.2, -0.15) is 5.26 Å². The van der Waals surface area contributed by atoms with E-state index in [1.807, 2.05) is 29.2 Å².